The third-order valence-corrected chi connectivity index (χ3v) is 4.71. The molecule has 1 unspecified atom stereocenters. The zero-order valence-electron chi connectivity index (χ0n) is 11.0. The molecule has 0 spiro atoms. The molecule has 1 fully saturated rings. The zero-order valence-corrected chi connectivity index (χ0v) is 11.0. The third kappa shape index (κ3) is 1.76. The van der Waals surface area contributed by atoms with Crippen LogP contribution < -0.4 is 5.73 Å². The van der Waals surface area contributed by atoms with Crippen molar-refractivity contribution < 1.29 is 4.42 Å². The van der Waals surface area contributed by atoms with Gasteiger partial charge >= 0.3 is 0 Å². The topological polar surface area (TPSA) is 39.2 Å². The molecule has 1 heterocycles. The van der Waals surface area contributed by atoms with Crippen LogP contribution in [0, 0.1) is 5.41 Å². The Morgan fingerprint density at radius 1 is 1.28 bits per heavy atom. The molecular weight excluding hydrogens is 222 g/mol. The number of hydrogen-bond donors (Lipinski definition) is 1. The van der Waals surface area contributed by atoms with Gasteiger partial charge < -0.3 is 10.2 Å². The molecule has 3 rings (SSSR count). The lowest BCUT2D eigenvalue weighted by Crippen LogP contribution is -2.31. The zero-order chi connectivity index (χ0) is 12.6. The molecule has 0 bridgehead atoms. The van der Waals surface area contributed by atoms with Gasteiger partial charge in [0, 0.05) is 5.39 Å². The molecule has 1 aliphatic carbocycles. The molecule has 2 nitrogen and oxygen atoms in total. The monoisotopic (exact) mass is 243 g/mol. The Hall–Kier alpha value is -1.28. The molecule has 0 saturated heterocycles. The van der Waals surface area contributed by atoms with Crippen molar-refractivity contribution in [2.75, 3.05) is 0 Å². The second-order valence-electron chi connectivity index (χ2n) is 5.59. The third-order valence-electron chi connectivity index (χ3n) is 4.71. The van der Waals surface area contributed by atoms with Crippen LogP contribution in [-0.2, 0) is 0 Å². The Bertz CT molecular complexity index is 504. The second kappa shape index (κ2) is 4.43. The van der Waals surface area contributed by atoms with E-state index in [1.165, 1.54) is 25.7 Å². The van der Waals surface area contributed by atoms with E-state index in [4.69, 9.17) is 10.2 Å². The van der Waals surface area contributed by atoms with E-state index in [0.29, 0.717) is 0 Å². The van der Waals surface area contributed by atoms with E-state index in [9.17, 15) is 0 Å². The molecule has 2 N–H and O–H groups in total. The van der Waals surface area contributed by atoms with E-state index in [2.05, 4.69) is 19.1 Å². The average molecular weight is 243 g/mol. The Morgan fingerprint density at radius 2 is 2.00 bits per heavy atom. The van der Waals surface area contributed by atoms with Gasteiger partial charge in [0.1, 0.15) is 11.3 Å². The highest BCUT2D eigenvalue weighted by atomic mass is 16.3. The fourth-order valence-corrected chi connectivity index (χ4v) is 3.42. The number of para-hydroxylation sites is 1. The lowest BCUT2D eigenvalue weighted by Gasteiger charge is -2.32. The number of hydrogen-bond acceptors (Lipinski definition) is 2. The molecule has 96 valence electrons. The number of fused-ring (bicyclic) bond motifs is 1. The Morgan fingerprint density at radius 3 is 2.67 bits per heavy atom. The summed E-state index contributed by atoms with van der Waals surface area (Å²) in [4.78, 5) is 0. The van der Waals surface area contributed by atoms with Gasteiger partial charge in [0.2, 0.25) is 0 Å². The summed E-state index contributed by atoms with van der Waals surface area (Å²) in [5, 5.41) is 1.16. The highest BCUT2D eigenvalue weighted by molar-refractivity contribution is 5.77. The Balaban J connectivity index is 1.98. The van der Waals surface area contributed by atoms with E-state index < -0.39 is 0 Å². The number of rotatable bonds is 3. The van der Waals surface area contributed by atoms with Gasteiger partial charge in [0.05, 0.1) is 6.04 Å². The molecule has 2 aromatic rings. The predicted octanol–water partition coefficient (Wildman–Crippen LogP) is 4.40. The molecule has 0 radical (unpaired) electrons. The van der Waals surface area contributed by atoms with Crippen molar-refractivity contribution >= 4 is 11.0 Å². The van der Waals surface area contributed by atoms with Crippen molar-refractivity contribution in [1.29, 1.82) is 0 Å². The van der Waals surface area contributed by atoms with Crippen LogP contribution in [0.25, 0.3) is 11.0 Å². The number of nitrogens with two attached hydrogens (primary N) is 1. The van der Waals surface area contributed by atoms with Gasteiger partial charge in [0.15, 0.2) is 0 Å². The fraction of sp³-hybridized carbons (Fsp3) is 0.500. The fourth-order valence-electron chi connectivity index (χ4n) is 3.42. The maximum atomic E-state index is 6.52. The van der Waals surface area contributed by atoms with Gasteiger partial charge in [-0.25, -0.2) is 0 Å². The largest absolute Gasteiger partial charge is 0.459 e. The molecule has 1 aliphatic rings. The minimum absolute atomic E-state index is 0.0393. The quantitative estimate of drug-likeness (QED) is 0.867. The second-order valence-corrected chi connectivity index (χ2v) is 5.59. The Kier molecular flexibility index (Phi) is 2.90. The molecular formula is C16H21NO. The van der Waals surface area contributed by atoms with Crippen molar-refractivity contribution in [3.63, 3.8) is 0 Å². The summed E-state index contributed by atoms with van der Waals surface area (Å²) in [5.41, 5.74) is 7.72. The highest BCUT2D eigenvalue weighted by Gasteiger charge is 2.40. The molecule has 1 aromatic carbocycles. The summed E-state index contributed by atoms with van der Waals surface area (Å²) in [6.07, 6.45) is 6.23. The highest BCUT2D eigenvalue weighted by Crippen LogP contribution is 2.49. The van der Waals surface area contributed by atoms with Gasteiger partial charge in [-0.3, -0.25) is 0 Å². The van der Waals surface area contributed by atoms with E-state index in [1.807, 2.05) is 18.2 Å². The van der Waals surface area contributed by atoms with Gasteiger partial charge in [0.25, 0.3) is 0 Å². The maximum absolute atomic E-state index is 6.52. The van der Waals surface area contributed by atoms with Crippen LogP contribution in [0.3, 0.4) is 0 Å². The summed E-state index contributed by atoms with van der Waals surface area (Å²) in [6.45, 7) is 2.26. The van der Waals surface area contributed by atoms with Crippen LogP contribution in [0.5, 0.6) is 0 Å². The lowest BCUT2D eigenvalue weighted by molar-refractivity contribution is 0.202. The molecule has 1 aromatic heterocycles. The summed E-state index contributed by atoms with van der Waals surface area (Å²) >= 11 is 0. The first-order valence-electron chi connectivity index (χ1n) is 6.99. The van der Waals surface area contributed by atoms with Crippen LogP contribution in [0.4, 0.5) is 0 Å². The number of furan rings is 1. The van der Waals surface area contributed by atoms with E-state index in [1.54, 1.807) is 0 Å². The van der Waals surface area contributed by atoms with E-state index in [-0.39, 0.29) is 11.5 Å². The SMILES string of the molecule is CCC1(C(N)c2cc3ccccc3o2)CCCC1. The average Bonchev–Trinajstić information content (AvgIpc) is 3.05. The van der Waals surface area contributed by atoms with Crippen molar-refractivity contribution in [1.82, 2.24) is 0 Å². The van der Waals surface area contributed by atoms with Crippen molar-refractivity contribution in [2.45, 2.75) is 45.1 Å². The van der Waals surface area contributed by atoms with Crippen LogP contribution in [-0.4, -0.2) is 0 Å². The first-order valence-corrected chi connectivity index (χ1v) is 6.99. The first-order chi connectivity index (χ1) is 8.75. The van der Waals surface area contributed by atoms with Gasteiger partial charge in [-0.1, -0.05) is 38.0 Å². The molecule has 1 atom stereocenters. The normalized spacial score (nSPS) is 20.3. The lowest BCUT2D eigenvalue weighted by atomic mass is 9.75. The summed E-state index contributed by atoms with van der Waals surface area (Å²) in [6, 6.07) is 10.3. The van der Waals surface area contributed by atoms with Crippen LogP contribution in [0.1, 0.15) is 50.8 Å². The minimum Gasteiger partial charge on any atom is -0.459 e. The molecule has 0 aliphatic heterocycles. The maximum Gasteiger partial charge on any atom is 0.134 e. The standard InChI is InChI=1S/C16H21NO/c1-2-16(9-5-6-10-16)15(17)14-11-12-7-3-4-8-13(12)18-14/h3-4,7-8,11,15H,2,5-6,9-10,17H2,1H3. The smallest absolute Gasteiger partial charge is 0.134 e. The molecule has 2 heteroatoms. The molecule has 18 heavy (non-hydrogen) atoms. The Labute approximate surface area is 108 Å². The summed E-state index contributed by atoms with van der Waals surface area (Å²) < 4.78 is 5.94. The van der Waals surface area contributed by atoms with Gasteiger partial charge in [-0.05, 0) is 36.8 Å². The van der Waals surface area contributed by atoms with Crippen LogP contribution in [0.15, 0.2) is 34.7 Å². The van der Waals surface area contributed by atoms with Gasteiger partial charge in [-0.15, -0.1) is 0 Å². The summed E-state index contributed by atoms with van der Waals surface area (Å²) in [5.74, 6) is 0.958. The predicted molar refractivity (Wildman–Crippen MR) is 74.3 cm³/mol. The van der Waals surface area contributed by atoms with E-state index >= 15 is 0 Å². The number of benzene rings is 1. The van der Waals surface area contributed by atoms with Crippen LogP contribution >= 0.6 is 0 Å². The minimum atomic E-state index is 0.0393. The molecule has 1 saturated carbocycles. The van der Waals surface area contributed by atoms with Crippen molar-refractivity contribution in [3.8, 4) is 0 Å². The van der Waals surface area contributed by atoms with Crippen molar-refractivity contribution in [3.05, 3.63) is 36.1 Å². The van der Waals surface area contributed by atoms with Gasteiger partial charge in [-0.2, -0.15) is 0 Å². The van der Waals surface area contributed by atoms with E-state index in [0.717, 1.165) is 23.2 Å². The van der Waals surface area contributed by atoms with Crippen molar-refractivity contribution in [2.24, 2.45) is 11.1 Å². The summed E-state index contributed by atoms with van der Waals surface area (Å²) in [7, 11) is 0. The molecule has 0 amide bonds. The van der Waals surface area contributed by atoms with Crippen LogP contribution in [0.2, 0.25) is 0 Å². The first kappa shape index (κ1) is 11.8.